The van der Waals surface area contributed by atoms with Gasteiger partial charge in [-0.2, -0.15) is 0 Å². The van der Waals surface area contributed by atoms with Gasteiger partial charge in [-0.15, -0.1) is 0 Å². The van der Waals surface area contributed by atoms with E-state index in [0.29, 0.717) is 11.5 Å². The lowest BCUT2D eigenvalue weighted by molar-refractivity contribution is -0.110. The average Bonchev–Trinajstić information content (AvgIpc) is 2.64. The summed E-state index contributed by atoms with van der Waals surface area (Å²) in [6.07, 6.45) is 6.50. The van der Waals surface area contributed by atoms with Crippen LogP contribution >= 0.6 is 0 Å². The van der Waals surface area contributed by atoms with E-state index in [9.17, 15) is 4.79 Å². The van der Waals surface area contributed by atoms with E-state index in [1.54, 1.807) is 39.5 Å². The van der Waals surface area contributed by atoms with Crippen molar-refractivity contribution in [2.45, 2.75) is 0 Å². The minimum Gasteiger partial charge on any atom is -0.497 e. The SMILES string of the molecule is COc1cccc(/C=C/C(=O)/C=C/c2cc(OC)cc(OC)c2)c1. The van der Waals surface area contributed by atoms with Crippen LogP contribution in [-0.4, -0.2) is 27.1 Å². The van der Waals surface area contributed by atoms with E-state index >= 15 is 0 Å². The molecule has 0 radical (unpaired) electrons. The summed E-state index contributed by atoms with van der Waals surface area (Å²) >= 11 is 0. The summed E-state index contributed by atoms with van der Waals surface area (Å²) in [6.45, 7) is 0. The van der Waals surface area contributed by atoms with Gasteiger partial charge < -0.3 is 14.2 Å². The second kappa shape index (κ2) is 8.58. The van der Waals surface area contributed by atoms with E-state index < -0.39 is 0 Å². The molecule has 0 bridgehead atoms. The molecule has 24 heavy (non-hydrogen) atoms. The summed E-state index contributed by atoms with van der Waals surface area (Å²) in [5.41, 5.74) is 1.73. The van der Waals surface area contributed by atoms with E-state index in [1.165, 1.54) is 12.2 Å². The molecular formula is C20H20O4. The molecule has 2 aromatic rings. The maximum Gasteiger partial charge on any atom is 0.178 e. The van der Waals surface area contributed by atoms with Crippen LogP contribution in [0, 0.1) is 0 Å². The van der Waals surface area contributed by atoms with Gasteiger partial charge in [0, 0.05) is 6.07 Å². The van der Waals surface area contributed by atoms with Gasteiger partial charge in [-0.3, -0.25) is 4.79 Å². The van der Waals surface area contributed by atoms with Gasteiger partial charge in [0.25, 0.3) is 0 Å². The van der Waals surface area contributed by atoms with Crippen LogP contribution in [0.15, 0.2) is 54.6 Å². The summed E-state index contributed by atoms with van der Waals surface area (Å²) < 4.78 is 15.6. The maximum atomic E-state index is 12.0. The summed E-state index contributed by atoms with van der Waals surface area (Å²) in [5, 5.41) is 0. The van der Waals surface area contributed by atoms with Crippen LogP contribution in [-0.2, 0) is 4.79 Å². The molecule has 0 heterocycles. The monoisotopic (exact) mass is 324 g/mol. The van der Waals surface area contributed by atoms with Crippen molar-refractivity contribution in [3.05, 3.63) is 65.7 Å². The highest BCUT2D eigenvalue weighted by Gasteiger charge is 2.00. The van der Waals surface area contributed by atoms with Crippen molar-refractivity contribution < 1.29 is 19.0 Å². The van der Waals surface area contributed by atoms with E-state index in [2.05, 4.69) is 0 Å². The number of hydrogen-bond acceptors (Lipinski definition) is 4. The fourth-order valence-electron chi connectivity index (χ4n) is 2.08. The van der Waals surface area contributed by atoms with Gasteiger partial charge in [-0.25, -0.2) is 0 Å². The van der Waals surface area contributed by atoms with Gasteiger partial charge in [-0.05, 0) is 47.5 Å². The predicted molar refractivity (Wildman–Crippen MR) is 95.6 cm³/mol. The molecule has 4 heteroatoms. The molecule has 2 aromatic carbocycles. The number of ether oxygens (including phenoxy) is 3. The summed E-state index contributed by atoms with van der Waals surface area (Å²) in [6, 6.07) is 12.9. The van der Waals surface area contributed by atoms with E-state index in [4.69, 9.17) is 14.2 Å². The van der Waals surface area contributed by atoms with Crippen molar-refractivity contribution in [3.8, 4) is 17.2 Å². The Bertz CT molecular complexity index is 738. The lowest BCUT2D eigenvalue weighted by Gasteiger charge is -2.05. The Morgan fingerprint density at radius 1 is 0.750 bits per heavy atom. The van der Waals surface area contributed by atoms with Gasteiger partial charge in [-0.1, -0.05) is 24.3 Å². The minimum absolute atomic E-state index is 0.111. The largest absolute Gasteiger partial charge is 0.497 e. The minimum atomic E-state index is -0.111. The number of ketones is 1. The van der Waals surface area contributed by atoms with Crippen LogP contribution in [0.1, 0.15) is 11.1 Å². The highest BCUT2D eigenvalue weighted by Crippen LogP contribution is 2.23. The van der Waals surface area contributed by atoms with Gasteiger partial charge in [0.15, 0.2) is 5.78 Å². The predicted octanol–water partition coefficient (Wildman–Crippen LogP) is 4.01. The zero-order valence-corrected chi connectivity index (χ0v) is 14.0. The second-order valence-corrected chi connectivity index (χ2v) is 4.99. The lowest BCUT2D eigenvalue weighted by Crippen LogP contribution is -1.89. The normalized spacial score (nSPS) is 11.0. The third-order valence-electron chi connectivity index (χ3n) is 3.35. The highest BCUT2D eigenvalue weighted by atomic mass is 16.5. The molecule has 0 fully saturated rings. The molecule has 124 valence electrons. The molecule has 0 aliphatic carbocycles. The molecule has 0 unspecified atom stereocenters. The molecule has 0 aliphatic rings. The van der Waals surface area contributed by atoms with Gasteiger partial charge in [0.2, 0.25) is 0 Å². The molecule has 0 spiro atoms. The topological polar surface area (TPSA) is 44.8 Å². The number of methoxy groups -OCH3 is 3. The first-order valence-electron chi connectivity index (χ1n) is 7.42. The van der Waals surface area contributed by atoms with Gasteiger partial charge >= 0.3 is 0 Å². The molecule has 0 saturated carbocycles. The first-order valence-corrected chi connectivity index (χ1v) is 7.42. The van der Waals surface area contributed by atoms with Crippen LogP contribution in [0.5, 0.6) is 17.2 Å². The fraction of sp³-hybridized carbons (Fsp3) is 0.150. The summed E-state index contributed by atoms with van der Waals surface area (Å²) in [4.78, 5) is 12.0. The smallest absolute Gasteiger partial charge is 0.178 e. The third kappa shape index (κ3) is 5.02. The molecule has 0 amide bonds. The molecular weight excluding hydrogens is 304 g/mol. The Morgan fingerprint density at radius 2 is 1.29 bits per heavy atom. The zero-order chi connectivity index (χ0) is 17.4. The third-order valence-corrected chi connectivity index (χ3v) is 3.35. The molecule has 0 aliphatic heterocycles. The van der Waals surface area contributed by atoms with Crippen LogP contribution in [0.2, 0.25) is 0 Å². The molecule has 2 rings (SSSR count). The van der Waals surface area contributed by atoms with Crippen LogP contribution in [0.3, 0.4) is 0 Å². The van der Waals surface area contributed by atoms with Gasteiger partial charge in [0.05, 0.1) is 21.3 Å². The Kier molecular flexibility index (Phi) is 6.20. The molecule has 0 saturated heterocycles. The van der Waals surface area contributed by atoms with E-state index in [0.717, 1.165) is 16.9 Å². The summed E-state index contributed by atoms with van der Waals surface area (Å²) in [5.74, 6) is 1.99. The number of carbonyl (C=O) groups excluding carboxylic acids is 1. The standard InChI is InChI=1S/C20H20O4/c1-22-18-6-4-5-15(11-18)7-9-17(21)10-8-16-12-19(23-2)14-20(13-16)24-3/h4-14H,1-3H3/b9-7+,10-8+. The number of hydrogen-bond donors (Lipinski definition) is 0. The van der Waals surface area contributed by atoms with Crippen LogP contribution in [0.25, 0.3) is 12.2 Å². The number of rotatable bonds is 7. The number of carbonyl (C=O) groups is 1. The number of allylic oxidation sites excluding steroid dienone is 2. The van der Waals surface area contributed by atoms with Crippen molar-refractivity contribution in [2.75, 3.05) is 21.3 Å². The van der Waals surface area contributed by atoms with E-state index in [-0.39, 0.29) is 5.78 Å². The van der Waals surface area contributed by atoms with Gasteiger partial charge in [0.1, 0.15) is 17.2 Å². The lowest BCUT2D eigenvalue weighted by atomic mass is 10.1. The molecule has 0 atom stereocenters. The van der Waals surface area contributed by atoms with Crippen LogP contribution < -0.4 is 14.2 Å². The Morgan fingerprint density at radius 3 is 1.88 bits per heavy atom. The van der Waals surface area contributed by atoms with Crippen molar-refractivity contribution >= 4 is 17.9 Å². The Labute approximate surface area is 142 Å². The summed E-state index contributed by atoms with van der Waals surface area (Å²) in [7, 11) is 4.79. The first-order chi connectivity index (χ1) is 11.6. The average molecular weight is 324 g/mol. The van der Waals surface area contributed by atoms with E-state index in [1.807, 2.05) is 36.4 Å². The van der Waals surface area contributed by atoms with Crippen LogP contribution in [0.4, 0.5) is 0 Å². The Balaban J connectivity index is 2.08. The van der Waals surface area contributed by atoms with Crippen molar-refractivity contribution in [2.24, 2.45) is 0 Å². The first kappa shape index (κ1) is 17.3. The maximum absolute atomic E-state index is 12.0. The van der Waals surface area contributed by atoms with Crippen molar-refractivity contribution in [3.63, 3.8) is 0 Å². The van der Waals surface area contributed by atoms with Crippen molar-refractivity contribution in [1.82, 2.24) is 0 Å². The Hall–Kier alpha value is -3.01. The second-order valence-electron chi connectivity index (χ2n) is 4.99. The highest BCUT2D eigenvalue weighted by molar-refractivity contribution is 6.04. The van der Waals surface area contributed by atoms with Crippen molar-refractivity contribution in [1.29, 1.82) is 0 Å². The quantitative estimate of drug-likeness (QED) is 0.722. The number of benzene rings is 2. The molecule has 4 nitrogen and oxygen atoms in total. The molecule has 0 aromatic heterocycles. The molecule has 0 N–H and O–H groups in total. The zero-order valence-electron chi connectivity index (χ0n) is 14.0. The fourth-order valence-corrected chi connectivity index (χ4v) is 2.08.